The van der Waals surface area contributed by atoms with Crippen molar-refractivity contribution < 1.29 is 19.1 Å². The fraction of sp³-hybridized carbons (Fsp3) is 0.294. The van der Waals surface area contributed by atoms with Crippen molar-refractivity contribution in [3.63, 3.8) is 0 Å². The van der Waals surface area contributed by atoms with Crippen LogP contribution >= 0.6 is 0 Å². The number of nitrogens with zero attached hydrogens (tertiary/aromatic N) is 2. The van der Waals surface area contributed by atoms with Gasteiger partial charge in [0.15, 0.2) is 6.61 Å². The summed E-state index contributed by atoms with van der Waals surface area (Å²) in [6.45, 7) is 3.24. The van der Waals surface area contributed by atoms with Crippen molar-refractivity contribution in [3.05, 3.63) is 47.2 Å². The lowest BCUT2D eigenvalue weighted by molar-refractivity contribution is -0.119. The van der Waals surface area contributed by atoms with Crippen molar-refractivity contribution in [2.24, 2.45) is 7.05 Å². The molecule has 2 rings (SSSR count). The molecule has 8 heteroatoms. The van der Waals surface area contributed by atoms with Gasteiger partial charge in [-0.2, -0.15) is 5.10 Å². The topological polar surface area (TPSA) is 102 Å². The van der Waals surface area contributed by atoms with Crippen LogP contribution in [0.1, 0.15) is 28.5 Å². The Balaban J connectivity index is 1.84. The van der Waals surface area contributed by atoms with Gasteiger partial charge >= 0.3 is 5.97 Å². The Hall–Kier alpha value is -3.16. The van der Waals surface area contributed by atoms with Crippen LogP contribution in [0.4, 0.5) is 5.82 Å². The first-order valence-electron chi connectivity index (χ1n) is 7.66. The number of carbonyl (C=O) groups is 3. The minimum atomic E-state index is -0.595. The molecule has 0 saturated carbocycles. The third-order valence-corrected chi connectivity index (χ3v) is 3.33. The number of nitrogens with one attached hydrogen (secondary N) is 2. The molecule has 25 heavy (non-hydrogen) atoms. The molecule has 2 aromatic rings. The molecule has 1 aromatic carbocycles. The smallest absolute Gasteiger partial charge is 0.338 e. The van der Waals surface area contributed by atoms with Crippen LogP contribution < -0.4 is 10.6 Å². The molecule has 2 amide bonds. The number of aryl methyl sites for hydroxylation is 2. The molecule has 2 N–H and O–H groups in total. The number of amides is 2. The van der Waals surface area contributed by atoms with Gasteiger partial charge < -0.3 is 15.4 Å². The number of esters is 1. The van der Waals surface area contributed by atoms with Gasteiger partial charge in [0.2, 0.25) is 5.91 Å². The summed E-state index contributed by atoms with van der Waals surface area (Å²) < 4.78 is 6.53. The van der Waals surface area contributed by atoms with Gasteiger partial charge in [-0.1, -0.05) is 12.1 Å². The van der Waals surface area contributed by atoms with Gasteiger partial charge in [0.1, 0.15) is 5.82 Å². The van der Waals surface area contributed by atoms with Crippen LogP contribution in [0.2, 0.25) is 0 Å². The van der Waals surface area contributed by atoms with Crippen LogP contribution in [0.25, 0.3) is 0 Å². The van der Waals surface area contributed by atoms with Crippen LogP contribution in [0.15, 0.2) is 30.3 Å². The van der Waals surface area contributed by atoms with E-state index in [9.17, 15) is 14.4 Å². The molecule has 0 aliphatic heterocycles. The third-order valence-electron chi connectivity index (χ3n) is 3.33. The zero-order valence-corrected chi connectivity index (χ0v) is 14.3. The molecule has 0 unspecified atom stereocenters. The van der Waals surface area contributed by atoms with E-state index in [0.717, 1.165) is 11.3 Å². The van der Waals surface area contributed by atoms with E-state index in [4.69, 9.17) is 4.74 Å². The molecule has 0 fully saturated rings. The zero-order chi connectivity index (χ0) is 18.4. The van der Waals surface area contributed by atoms with Gasteiger partial charge in [-0.25, -0.2) is 4.79 Å². The first-order valence-corrected chi connectivity index (χ1v) is 7.66. The van der Waals surface area contributed by atoms with Crippen molar-refractivity contribution in [3.8, 4) is 0 Å². The van der Waals surface area contributed by atoms with Gasteiger partial charge in [0.25, 0.3) is 5.91 Å². The minimum absolute atomic E-state index is 0.127. The van der Waals surface area contributed by atoms with Crippen molar-refractivity contribution in [2.45, 2.75) is 20.4 Å². The SMILES string of the molecule is CC(=O)NCc1ccc(C(=O)OCC(=O)Nc2cc(C)nn2C)cc1. The van der Waals surface area contributed by atoms with E-state index in [1.54, 1.807) is 37.4 Å². The first-order chi connectivity index (χ1) is 11.8. The van der Waals surface area contributed by atoms with E-state index in [-0.39, 0.29) is 5.91 Å². The molecular weight excluding hydrogens is 324 g/mol. The Morgan fingerprint density at radius 1 is 1.20 bits per heavy atom. The number of carbonyl (C=O) groups excluding carboxylic acids is 3. The number of aromatic nitrogens is 2. The molecule has 0 saturated heterocycles. The zero-order valence-electron chi connectivity index (χ0n) is 14.3. The average Bonchev–Trinajstić information content (AvgIpc) is 2.88. The molecule has 132 valence electrons. The Morgan fingerprint density at radius 3 is 2.44 bits per heavy atom. The molecule has 8 nitrogen and oxygen atoms in total. The van der Waals surface area contributed by atoms with Crippen LogP contribution in [0.3, 0.4) is 0 Å². The summed E-state index contributed by atoms with van der Waals surface area (Å²) in [4.78, 5) is 34.7. The van der Waals surface area contributed by atoms with Crippen LogP contribution in [-0.2, 0) is 27.9 Å². The molecule has 0 aliphatic carbocycles. The minimum Gasteiger partial charge on any atom is -0.452 e. The predicted octanol–water partition coefficient (Wildman–Crippen LogP) is 1.16. The van der Waals surface area contributed by atoms with Crippen molar-refractivity contribution in [2.75, 3.05) is 11.9 Å². The van der Waals surface area contributed by atoms with Crippen LogP contribution in [0.5, 0.6) is 0 Å². The van der Waals surface area contributed by atoms with Crippen molar-refractivity contribution in [1.82, 2.24) is 15.1 Å². The summed E-state index contributed by atoms with van der Waals surface area (Å²) >= 11 is 0. The number of hydrogen-bond acceptors (Lipinski definition) is 5. The quantitative estimate of drug-likeness (QED) is 0.766. The molecule has 0 atom stereocenters. The number of anilines is 1. The highest BCUT2D eigenvalue weighted by Crippen LogP contribution is 2.09. The highest BCUT2D eigenvalue weighted by Gasteiger charge is 2.12. The van der Waals surface area contributed by atoms with E-state index in [1.807, 2.05) is 6.92 Å². The number of benzene rings is 1. The summed E-state index contributed by atoms with van der Waals surface area (Å²) in [5.41, 5.74) is 1.96. The summed E-state index contributed by atoms with van der Waals surface area (Å²) in [6, 6.07) is 8.31. The van der Waals surface area contributed by atoms with Crippen LogP contribution in [0, 0.1) is 6.92 Å². The second kappa shape index (κ2) is 8.09. The summed E-state index contributed by atoms with van der Waals surface area (Å²) in [6.07, 6.45) is 0. The van der Waals surface area contributed by atoms with Gasteiger partial charge in [0.05, 0.1) is 11.3 Å². The second-order valence-electron chi connectivity index (χ2n) is 5.53. The Labute approximate surface area is 145 Å². The summed E-state index contributed by atoms with van der Waals surface area (Å²) in [7, 11) is 1.71. The normalized spacial score (nSPS) is 10.2. The number of ether oxygens (including phenoxy) is 1. The van der Waals surface area contributed by atoms with Gasteiger partial charge in [-0.05, 0) is 24.6 Å². The summed E-state index contributed by atoms with van der Waals surface area (Å²) in [5.74, 6) is -0.639. The van der Waals surface area contributed by atoms with E-state index < -0.39 is 18.5 Å². The molecular formula is C17H20N4O4. The highest BCUT2D eigenvalue weighted by molar-refractivity contribution is 5.95. The molecule has 0 bridgehead atoms. The van der Waals surface area contributed by atoms with Gasteiger partial charge in [-0.15, -0.1) is 0 Å². The Bertz CT molecular complexity index is 780. The third kappa shape index (κ3) is 5.45. The fourth-order valence-electron chi connectivity index (χ4n) is 2.11. The maximum Gasteiger partial charge on any atom is 0.338 e. The van der Waals surface area contributed by atoms with Crippen LogP contribution in [-0.4, -0.2) is 34.2 Å². The predicted molar refractivity (Wildman–Crippen MR) is 90.8 cm³/mol. The Kier molecular flexibility index (Phi) is 5.89. The summed E-state index contributed by atoms with van der Waals surface area (Å²) in [5, 5.41) is 9.39. The molecule has 0 radical (unpaired) electrons. The molecule has 0 aliphatic rings. The number of rotatable bonds is 6. The monoisotopic (exact) mass is 344 g/mol. The maximum atomic E-state index is 12.0. The second-order valence-corrected chi connectivity index (χ2v) is 5.53. The van der Waals surface area contributed by atoms with Gasteiger partial charge in [0, 0.05) is 26.6 Å². The molecule has 1 heterocycles. The standard InChI is InChI=1S/C17H20N4O4/c1-11-8-15(21(3)20-11)19-16(23)10-25-17(24)14-6-4-13(5-7-14)9-18-12(2)22/h4-8H,9-10H2,1-3H3,(H,18,22)(H,19,23). The lowest BCUT2D eigenvalue weighted by atomic mass is 10.1. The van der Waals surface area contributed by atoms with E-state index in [1.165, 1.54) is 11.6 Å². The fourth-order valence-corrected chi connectivity index (χ4v) is 2.11. The lowest BCUT2D eigenvalue weighted by Crippen LogP contribution is -2.22. The molecule has 0 spiro atoms. The largest absolute Gasteiger partial charge is 0.452 e. The highest BCUT2D eigenvalue weighted by atomic mass is 16.5. The van der Waals surface area contributed by atoms with Gasteiger partial charge in [-0.3, -0.25) is 14.3 Å². The number of hydrogen-bond donors (Lipinski definition) is 2. The van der Waals surface area contributed by atoms with E-state index in [2.05, 4.69) is 15.7 Å². The maximum absolute atomic E-state index is 12.0. The Morgan fingerprint density at radius 2 is 1.88 bits per heavy atom. The van der Waals surface area contributed by atoms with E-state index in [0.29, 0.717) is 17.9 Å². The first kappa shape index (κ1) is 18.2. The van der Waals surface area contributed by atoms with Crippen molar-refractivity contribution in [1.29, 1.82) is 0 Å². The van der Waals surface area contributed by atoms with E-state index >= 15 is 0 Å². The van der Waals surface area contributed by atoms with Crippen molar-refractivity contribution >= 4 is 23.6 Å². The molecule has 1 aromatic heterocycles. The average molecular weight is 344 g/mol. The lowest BCUT2D eigenvalue weighted by Gasteiger charge is -2.07.